The van der Waals surface area contributed by atoms with Crippen LogP contribution < -0.4 is 5.32 Å². The normalized spacial score (nSPS) is 11.8. The van der Waals surface area contributed by atoms with Crippen LogP contribution in [-0.4, -0.2) is 23.5 Å². The highest BCUT2D eigenvalue weighted by Crippen LogP contribution is 2.09. The summed E-state index contributed by atoms with van der Waals surface area (Å²) in [5, 5.41) is 11.3. The highest BCUT2D eigenvalue weighted by atomic mass is 16.4. The maximum atomic E-state index is 10.5. The summed E-state index contributed by atoms with van der Waals surface area (Å²) in [4.78, 5) is 21.0. The van der Waals surface area contributed by atoms with E-state index in [4.69, 9.17) is 5.11 Å². The molecule has 1 aromatic carbocycles. The lowest BCUT2D eigenvalue weighted by atomic mass is 10.0. The largest absolute Gasteiger partial charge is 0.481 e. The van der Waals surface area contributed by atoms with E-state index < -0.39 is 5.97 Å². The number of hydrogen-bond donors (Lipinski definition) is 2. The minimum atomic E-state index is -0.841. The number of amides is 1. The zero-order chi connectivity index (χ0) is 12.7. The Bertz CT molecular complexity index is 390. The van der Waals surface area contributed by atoms with Crippen molar-refractivity contribution in [3.8, 4) is 0 Å². The highest BCUT2D eigenvalue weighted by molar-refractivity contribution is 5.66. The third-order valence-corrected chi connectivity index (χ3v) is 2.57. The van der Waals surface area contributed by atoms with Gasteiger partial charge in [-0.05, 0) is 25.3 Å². The number of carbonyl (C=O) groups is 2. The van der Waals surface area contributed by atoms with Gasteiger partial charge in [0.1, 0.15) is 0 Å². The molecule has 1 rings (SSSR count). The van der Waals surface area contributed by atoms with Gasteiger partial charge in [0, 0.05) is 12.5 Å². The number of rotatable bonds is 7. The molecule has 0 spiro atoms. The minimum Gasteiger partial charge on any atom is -0.481 e. The Morgan fingerprint density at radius 1 is 1.53 bits per heavy atom. The standard InChI is InChI=1S/C13H17NO3/c1-10-3-2-4-11(7-10)8-12(14-9-15)5-6-13(16)17/h2-4,7,9,12H,5-6,8H2,1H3,(H,14,15)(H,16,17). The molecule has 0 saturated carbocycles. The molecule has 0 saturated heterocycles. The highest BCUT2D eigenvalue weighted by Gasteiger charge is 2.10. The van der Waals surface area contributed by atoms with Gasteiger partial charge in [0.25, 0.3) is 0 Å². The summed E-state index contributed by atoms with van der Waals surface area (Å²) < 4.78 is 0. The molecule has 0 fully saturated rings. The molecule has 92 valence electrons. The van der Waals surface area contributed by atoms with Crippen molar-refractivity contribution < 1.29 is 14.7 Å². The summed E-state index contributed by atoms with van der Waals surface area (Å²) in [7, 11) is 0. The molecule has 1 amide bonds. The van der Waals surface area contributed by atoms with E-state index in [0.717, 1.165) is 11.1 Å². The van der Waals surface area contributed by atoms with Gasteiger partial charge in [-0.2, -0.15) is 0 Å². The van der Waals surface area contributed by atoms with E-state index in [1.807, 2.05) is 31.2 Å². The SMILES string of the molecule is Cc1cccc(CC(CCC(=O)O)NC=O)c1. The van der Waals surface area contributed by atoms with Crippen molar-refractivity contribution >= 4 is 12.4 Å². The molecule has 2 N–H and O–H groups in total. The second kappa shape index (κ2) is 6.68. The van der Waals surface area contributed by atoms with Crippen LogP contribution in [-0.2, 0) is 16.0 Å². The Balaban J connectivity index is 2.59. The fraction of sp³-hybridized carbons (Fsp3) is 0.385. The first-order valence-corrected chi connectivity index (χ1v) is 5.59. The van der Waals surface area contributed by atoms with Crippen molar-refractivity contribution in [2.75, 3.05) is 0 Å². The second-order valence-corrected chi connectivity index (χ2v) is 4.11. The van der Waals surface area contributed by atoms with Gasteiger partial charge in [0.15, 0.2) is 0 Å². The average molecular weight is 235 g/mol. The number of carboxylic acid groups (broad SMARTS) is 1. The Kier molecular flexibility index (Phi) is 5.20. The molecular weight excluding hydrogens is 218 g/mol. The Hall–Kier alpha value is -1.84. The molecule has 0 bridgehead atoms. The van der Waals surface area contributed by atoms with Crippen LogP contribution in [0.5, 0.6) is 0 Å². The van der Waals surface area contributed by atoms with Crippen LogP contribution in [0.4, 0.5) is 0 Å². The Morgan fingerprint density at radius 3 is 2.88 bits per heavy atom. The van der Waals surface area contributed by atoms with E-state index >= 15 is 0 Å². The maximum absolute atomic E-state index is 10.5. The molecule has 0 aliphatic heterocycles. The molecule has 1 unspecified atom stereocenters. The Morgan fingerprint density at radius 2 is 2.29 bits per heavy atom. The van der Waals surface area contributed by atoms with E-state index in [0.29, 0.717) is 19.3 Å². The topological polar surface area (TPSA) is 66.4 Å². The van der Waals surface area contributed by atoms with E-state index in [9.17, 15) is 9.59 Å². The quantitative estimate of drug-likeness (QED) is 0.704. The van der Waals surface area contributed by atoms with Crippen LogP contribution in [0.2, 0.25) is 0 Å². The second-order valence-electron chi connectivity index (χ2n) is 4.11. The van der Waals surface area contributed by atoms with Gasteiger partial charge in [-0.25, -0.2) is 0 Å². The summed E-state index contributed by atoms with van der Waals surface area (Å²) in [6.45, 7) is 2.00. The Labute approximate surface area is 101 Å². The van der Waals surface area contributed by atoms with Crippen molar-refractivity contribution in [1.82, 2.24) is 5.32 Å². The van der Waals surface area contributed by atoms with Crippen LogP contribution in [0.3, 0.4) is 0 Å². The van der Waals surface area contributed by atoms with E-state index in [2.05, 4.69) is 5.32 Å². The number of hydrogen-bond acceptors (Lipinski definition) is 2. The van der Waals surface area contributed by atoms with Crippen LogP contribution in [0.1, 0.15) is 24.0 Å². The zero-order valence-electron chi connectivity index (χ0n) is 9.85. The first-order valence-electron chi connectivity index (χ1n) is 5.59. The van der Waals surface area contributed by atoms with E-state index in [1.54, 1.807) is 0 Å². The summed E-state index contributed by atoms with van der Waals surface area (Å²) >= 11 is 0. The molecule has 4 nitrogen and oxygen atoms in total. The molecule has 0 radical (unpaired) electrons. The van der Waals surface area contributed by atoms with Gasteiger partial charge in [0.05, 0.1) is 0 Å². The molecule has 0 heterocycles. The van der Waals surface area contributed by atoms with Crippen molar-refractivity contribution in [3.63, 3.8) is 0 Å². The number of nitrogens with one attached hydrogen (secondary N) is 1. The van der Waals surface area contributed by atoms with Crippen LogP contribution in [0.25, 0.3) is 0 Å². The van der Waals surface area contributed by atoms with Crippen molar-refractivity contribution in [2.45, 2.75) is 32.2 Å². The molecule has 0 aromatic heterocycles. The number of carboxylic acids is 1. The fourth-order valence-corrected chi connectivity index (χ4v) is 1.76. The molecule has 17 heavy (non-hydrogen) atoms. The number of benzene rings is 1. The zero-order valence-corrected chi connectivity index (χ0v) is 9.85. The third-order valence-electron chi connectivity index (χ3n) is 2.57. The van der Waals surface area contributed by atoms with E-state index in [1.165, 1.54) is 0 Å². The molecule has 0 aliphatic rings. The number of carbonyl (C=O) groups excluding carboxylic acids is 1. The third kappa shape index (κ3) is 5.15. The summed E-state index contributed by atoms with van der Waals surface area (Å²) in [6, 6.07) is 7.86. The summed E-state index contributed by atoms with van der Waals surface area (Å²) in [5.74, 6) is -0.841. The molecule has 1 aromatic rings. The minimum absolute atomic E-state index is 0.0668. The van der Waals surface area contributed by atoms with Gasteiger partial charge in [-0.3, -0.25) is 9.59 Å². The van der Waals surface area contributed by atoms with Gasteiger partial charge in [0.2, 0.25) is 6.41 Å². The van der Waals surface area contributed by atoms with E-state index in [-0.39, 0.29) is 12.5 Å². The van der Waals surface area contributed by atoms with Gasteiger partial charge in [-0.15, -0.1) is 0 Å². The lowest BCUT2D eigenvalue weighted by Gasteiger charge is -2.15. The van der Waals surface area contributed by atoms with Gasteiger partial charge < -0.3 is 10.4 Å². The predicted molar refractivity (Wildman–Crippen MR) is 64.7 cm³/mol. The summed E-state index contributed by atoms with van der Waals surface area (Å²) in [5.41, 5.74) is 2.26. The van der Waals surface area contributed by atoms with Crippen LogP contribution >= 0.6 is 0 Å². The summed E-state index contributed by atoms with van der Waals surface area (Å²) in [6.07, 6.45) is 1.80. The first-order chi connectivity index (χ1) is 8.11. The molecular formula is C13H17NO3. The molecule has 1 atom stereocenters. The van der Waals surface area contributed by atoms with Crippen molar-refractivity contribution in [3.05, 3.63) is 35.4 Å². The van der Waals surface area contributed by atoms with Gasteiger partial charge in [-0.1, -0.05) is 29.8 Å². The van der Waals surface area contributed by atoms with Gasteiger partial charge >= 0.3 is 5.97 Å². The lowest BCUT2D eigenvalue weighted by molar-refractivity contribution is -0.137. The van der Waals surface area contributed by atoms with Crippen molar-refractivity contribution in [1.29, 1.82) is 0 Å². The smallest absolute Gasteiger partial charge is 0.303 e. The number of aryl methyl sites for hydroxylation is 1. The number of aliphatic carboxylic acids is 1. The maximum Gasteiger partial charge on any atom is 0.303 e. The van der Waals surface area contributed by atoms with Crippen LogP contribution in [0, 0.1) is 6.92 Å². The lowest BCUT2D eigenvalue weighted by Crippen LogP contribution is -2.30. The van der Waals surface area contributed by atoms with Crippen LogP contribution in [0.15, 0.2) is 24.3 Å². The first kappa shape index (κ1) is 13.2. The monoisotopic (exact) mass is 235 g/mol. The fourth-order valence-electron chi connectivity index (χ4n) is 1.76. The molecule has 4 heteroatoms. The molecule has 0 aliphatic carbocycles. The predicted octanol–water partition coefficient (Wildman–Crippen LogP) is 1.52. The van der Waals surface area contributed by atoms with Crippen molar-refractivity contribution in [2.24, 2.45) is 0 Å². The average Bonchev–Trinajstić information content (AvgIpc) is 2.26.